The molecule has 0 aromatic carbocycles. The van der Waals surface area contributed by atoms with Gasteiger partial charge in [-0.05, 0) is 67.4 Å². The first kappa shape index (κ1) is 24.4. The Bertz CT molecular complexity index is 1090. The molecule has 0 saturated carbocycles. The van der Waals surface area contributed by atoms with Gasteiger partial charge in [0.2, 0.25) is 0 Å². The Labute approximate surface area is 206 Å². The molecule has 5 heteroatoms. The van der Waals surface area contributed by atoms with Crippen molar-refractivity contribution in [2.45, 2.75) is 64.1 Å². The maximum Gasteiger partial charge on any atom is 0.158 e. The van der Waals surface area contributed by atoms with Gasteiger partial charge in [0.25, 0.3) is 0 Å². The molecule has 35 heavy (non-hydrogen) atoms. The predicted octanol–water partition coefficient (Wildman–Crippen LogP) is 7.84. The van der Waals surface area contributed by atoms with Crippen LogP contribution in [0.5, 0.6) is 0 Å². The molecule has 2 nitrogen and oxygen atoms in total. The molecule has 4 unspecified atom stereocenters. The summed E-state index contributed by atoms with van der Waals surface area (Å²) in [4.78, 5) is 0. The molecular formula is C30H33F3O2. The Kier molecular flexibility index (Phi) is 7.48. The molecule has 5 rings (SSSR count). The van der Waals surface area contributed by atoms with E-state index in [1.807, 2.05) is 24.3 Å². The SMILES string of the molecule is CCCC1=CCC(C2=CC[C@H](C3=C=CC(COC4C=C(F)C(C5CO5)CC4)=CC3)C(F)=C2F)C=C1. The second-order valence-electron chi connectivity index (χ2n) is 10.1. The first-order chi connectivity index (χ1) is 17.0. The lowest BCUT2D eigenvalue weighted by Gasteiger charge is -2.26. The highest BCUT2D eigenvalue weighted by Gasteiger charge is 2.38. The highest BCUT2D eigenvalue weighted by molar-refractivity contribution is 5.43. The second kappa shape index (κ2) is 10.7. The summed E-state index contributed by atoms with van der Waals surface area (Å²) in [7, 11) is 0. The molecule has 1 fully saturated rings. The lowest BCUT2D eigenvalue weighted by molar-refractivity contribution is 0.0817. The summed E-state index contributed by atoms with van der Waals surface area (Å²) >= 11 is 0. The summed E-state index contributed by atoms with van der Waals surface area (Å²) < 4.78 is 55.5. The predicted molar refractivity (Wildman–Crippen MR) is 131 cm³/mol. The summed E-state index contributed by atoms with van der Waals surface area (Å²) in [6.45, 7) is 3.13. The Hall–Kier alpha value is -2.33. The minimum absolute atomic E-state index is 0.0411. The zero-order chi connectivity index (χ0) is 24.4. The van der Waals surface area contributed by atoms with E-state index in [-0.39, 0.29) is 29.9 Å². The fourth-order valence-corrected chi connectivity index (χ4v) is 5.45. The van der Waals surface area contributed by atoms with Crippen molar-refractivity contribution in [1.82, 2.24) is 0 Å². The van der Waals surface area contributed by atoms with Gasteiger partial charge >= 0.3 is 0 Å². The van der Waals surface area contributed by atoms with Gasteiger partial charge in [-0.2, -0.15) is 0 Å². The van der Waals surface area contributed by atoms with Crippen molar-refractivity contribution in [3.63, 3.8) is 0 Å². The average Bonchev–Trinajstić information content (AvgIpc) is 3.71. The number of ether oxygens (including phenoxy) is 2. The van der Waals surface area contributed by atoms with Crippen LogP contribution in [0.25, 0.3) is 0 Å². The van der Waals surface area contributed by atoms with E-state index in [1.54, 1.807) is 12.2 Å². The third kappa shape index (κ3) is 5.58. The minimum atomic E-state index is -0.711. The van der Waals surface area contributed by atoms with Crippen LogP contribution in [0.4, 0.5) is 13.2 Å². The van der Waals surface area contributed by atoms with Crippen LogP contribution in [0, 0.1) is 17.8 Å². The Morgan fingerprint density at radius 2 is 1.94 bits per heavy atom. The van der Waals surface area contributed by atoms with Crippen LogP contribution in [-0.2, 0) is 9.47 Å². The fraction of sp³-hybridized carbons (Fsp3) is 0.500. The maximum absolute atomic E-state index is 15.1. The van der Waals surface area contributed by atoms with Crippen LogP contribution in [0.3, 0.4) is 0 Å². The van der Waals surface area contributed by atoms with Gasteiger partial charge in [0.15, 0.2) is 5.83 Å². The zero-order valence-corrected chi connectivity index (χ0v) is 20.2. The van der Waals surface area contributed by atoms with E-state index in [9.17, 15) is 4.39 Å². The number of rotatable bonds is 8. The van der Waals surface area contributed by atoms with Crippen molar-refractivity contribution in [3.05, 3.63) is 88.0 Å². The van der Waals surface area contributed by atoms with E-state index >= 15 is 8.78 Å². The second-order valence-corrected chi connectivity index (χ2v) is 10.1. The molecule has 186 valence electrons. The number of hydrogen-bond acceptors (Lipinski definition) is 2. The molecule has 5 aliphatic rings. The van der Waals surface area contributed by atoms with Gasteiger partial charge in [-0.25, -0.2) is 13.2 Å². The summed E-state index contributed by atoms with van der Waals surface area (Å²) in [5.74, 6) is -2.35. The molecule has 1 saturated heterocycles. The molecule has 0 N–H and O–H groups in total. The number of allylic oxidation sites excluding steroid dienone is 9. The van der Waals surface area contributed by atoms with E-state index in [0.29, 0.717) is 38.0 Å². The van der Waals surface area contributed by atoms with Gasteiger partial charge in [0.1, 0.15) is 11.7 Å². The van der Waals surface area contributed by atoms with E-state index in [2.05, 4.69) is 18.7 Å². The quantitative estimate of drug-likeness (QED) is 0.260. The van der Waals surface area contributed by atoms with Gasteiger partial charge in [-0.3, -0.25) is 0 Å². The first-order valence-electron chi connectivity index (χ1n) is 12.9. The third-order valence-electron chi connectivity index (χ3n) is 7.64. The lowest BCUT2D eigenvalue weighted by Crippen LogP contribution is -2.22. The van der Waals surface area contributed by atoms with Gasteiger partial charge in [-0.15, -0.1) is 5.73 Å². The van der Waals surface area contributed by atoms with E-state index in [1.165, 1.54) is 5.57 Å². The van der Waals surface area contributed by atoms with Crippen LogP contribution in [0.2, 0.25) is 0 Å². The standard InChI is InChI=1S/C30H33F3O2/c1-2-3-19-4-8-21(9-5-19)24-14-15-25(30(33)29(24)32)22-10-6-20(7-11-22)17-34-23-12-13-26(27(31)16-23)28-18-35-28/h4-8,14,16,21,23,25-26,28H,2-3,9-10,12-13,15,17-18H2,1H3/t21?,23?,25-,26?,28?/m1/s1. The largest absolute Gasteiger partial charge is 0.372 e. The molecule has 0 amide bonds. The van der Waals surface area contributed by atoms with Crippen molar-refractivity contribution >= 4 is 0 Å². The molecule has 5 atom stereocenters. The van der Waals surface area contributed by atoms with Gasteiger partial charge in [0.05, 0.1) is 25.4 Å². The smallest absolute Gasteiger partial charge is 0.158 e. The van der Waals surface area contributed by atoms with Crippen molar-refractivity contribution in [2.75, 3.05) is 13.2 Å². The van der Waals surface area contributed by atoms with Crippen LogP contribution >= 0.6 is 0 Å². The summed E-state index contributed by atoms with van der Waals surface area (Å²) in [6, 6.07) is 0. The maximum atomic E-state index is 15.1. The zero-order valence-electron chi connectivity index (χ0n) is 20.2. The number of epoxide rings is 1. The average molecular weight is 483 g/mol. The highest BCUT2D eigenvalue weighted by Crippen LogP contribution is 2.42. The van der Waals surface area contributed by atoms with Crippen LogP contribution in [0.15, 0.2) is 88.0 Å². The molecular weight excluding hydrogens is 449 g/mol. The minimum Gasteiger partial charge on any atom is -0.372 e. The van der Waals surface area contributed by atoms with Crippen LogP contribution in [0.1, 0.15) is 51.9 Å². The molecule has 0 aromatic heterocycles. The summed E-state index contributed by atoms with van der Waals surface area (Å²) in [5, 5.41) is 0. The van der Waals surface area contributed by atoms with Gasteiger partial charge < -0.3 is 9.47 Å². The van der Waals surface area contributed by atoms with E-state index in [4.69, 9.17) is 9.47 Å². The Balaban J connectivity index is 1.17. The third-order valence-corrected chi connectivity index (χ3v) is 7.64. The molecule has 1 aliphatic heterocycles. The molecule has 0 bridgehead atoms. The molecule has 1 heterocycles. The summed E-state index contributed by atoms with van der Waals surface area (Å²) in [5.41, 5.74) is 6.59. The van der Waals surface area contributed by atoms with Gasteiger partial charge in [0, 0.05) is 17.8 Å². The van der Waals surface area contributed by atoms with Crippen molar-refractivity contribution in [3.8, 4) is 0 Å². The number of hydrogen-bond donors (Lipinski definition) is 0. The molecule has 0 aromatic rings. The monoisotopic (exact) mass is 482 g/mol. The van der Waals surface area contributed by atoms with Gasteiger partial charge in [-0.1, -0.05) is 49.3 Å². The fourth-order valence-electron chi connectivity index (χ4n) is 5.45. The molecule has 4 aliphatic carbocycles. The van der Waals surface area contributed by atoms with Crippen molar-refractivity contribution < 1.29 is 22.6 Å². The van der Waals surface area contributed by atoms with Crippen LogP contribution in [-0.4, -0.2) is 25.4 Å². The number of halogens is 3. The lowest BCUT2D eigenvalue weighted by atomic mass is 9.80. The normalized spacial score (nSPS) is 32.6. The van der Waals surface area contributed by atoms with E-state index < -0.39 is 17.6 Å². The summed E-state index contributed by atoms with van der Waals surface area (Å²) in [6.07, 6.45) is 18.4. The Morgan fingerprint density at radius 3 is 2.60 bits per heavy atom. The van der Waals surface area contributed by atoms with E-state index in [0.717, 1.165) is 36.8 Å². The van der Waals surface area contributed by atoms with Crippen molar-refractivity contribution in [2.24, 2.45) is 17.8 Å². The topological polar surface area (TPSA) is 21.8 Å². The Morgan fingerprint density at radius 1 is 1.09 bits per heavy atom. The molecule has 0 spiro atoms. The molecule has 0 radical (unpaired) electrons. The highest BCUT2D eigenvalue weighted by atomic mass is 19.2. The van der Waals surface area contributed by atoms with Crippen molar-refractivity contribution in [1.29, 1.82) is 0 Å². The van der Waals surface area contributed by atoms with Crippen LogP contribution < -0.4 is 0 Å². The first-order valence-corrected chi connectivity index (χ1v) is 12.9.